The maximum atomic E-state index is 9.51. The SMILES string of the molecule is CCC(O)Cc1nc(C2CN(C)CCO2)no1. The predicted molar refractivity (Wildman–Crippen MR) is 60.5 cm³/mol. The summed E-state index contributed by atoms with van der Waals surface area (Å²) in [5, 5.41) is 13.4. The van der Waals surface area contributed by atoms with Crippen LogP contribution in [0.2, 0.25) is 0 Å². The first-order valence-electron chi connectivity index (χ1n) is 5.99. The van der Waals surface area contributed by atoms with Crippen molar-refractivity contribution in [1.29, 1.82) is 0 Å². The summed E-state index contributed by atoms with van der Waals surface area (Å²) in [6.45, 7) is 4.30. The largest absolute Gasteiger partial charge is 0.393 e. The van der Waals surface area contributed by atoms with Crippen LogP contribution in [0.4, 0.5) is 0 Å². The molecule has 0 amide bonds. The monoisotopic (exact) mass is 241 g/mol. The molecule has 0 spiro atoms. The molecule has 1 saturated heterocycles. The van der Waals surface area contributed by atoms with Crippen LogP contribution in [0, 0.1) is 0 Å². The number of nitrogens with zero attached hydrogens (tertiary/aromatic N) is 3. The van der Waals surface area contributed by atoms with Gasteiger partial charge in [-0.25, -0.2) is 0 Å². The molecule has 0 bridgehead atoms. The Hall–Kier alpha value is -0.980. The Morgan fingerprint density at radius 2 is 2.41 bits per heavy atom. The van der Waals surface area contributed by atoms with Crippen molar-refractivity contribution < 1.29 is 14.4 Å². The minimum atomic E-state index is -0.418. The molecule has 1 aromatic heterocycles. The molecule has 1 aliphatic heterocycles. The Kier molecular flexibility index (Phi) is 4.09. The fraction of sp³-hybridized carbons (Fsp3) is 0.818. The lowest BCUT2D eigenvalue weighted by Crippen LogP contribution is -2.35. The lowest BCUT2D eigenvalue weighted by molar-refractivity contribution is -0.0264. The molecule has 1 aromatic rings. The highest BCUT2D eigenvalue weighted by molar-refractivity contribution is 4.94. The van der Waals surface area contributed by atoms with E-state index in [-0.39, 0.29) is 6.10 Å². The van der Waals surface area contributed by atoms with Gasteiger partial charge in [-0.15, -0.1) is 0 Å². The van der Waals surface area contributed by atoms with E-state index in [1.54, 1.807) is 0 Å². The van der Waals surface area contributed by atoms with Crippen molar-refractivity contribution in [1.82, 2.24) is 15.0 Å². The highest BCUT2D eigenvalue weighted by Crippen LogP contribution is 2.19. The Labute approximate surface area is 101 Å². The van der Waals surface area contributed by atoms with Gasteiger partial charge >= 0.3 is 0 Å². The summed E-state index contributed by atoms with van der Waals surface area (Å²) in [6.07, 6.45) is 0.551. The van der Waals surface area contributed by atoms with Gasteiger partial charge in [0.25, 0.3) is 0 Å². The van der Waals surface area contributed by atoms with Crippen LogP contribution in [0.5, 0.6) is 0 Å². The number of aliphatic hydroxyl groups excluding tert-OH is 1. The van der Waals surface area contributed by atoms with Gasteiger partial charge in [-0.3, -0.25) is 0 Å². The summed E-state index contributed by atoms with van der Waals surface area (Å²) in [7, 11) is 2.04. The van der Waals surface area contributed by atoms with Crippen molar-refractivity contribution in [2.24, 2.45) is 0 Å². The van der Waals surface area contributed by atoms with Crippen molar-refractivity contribution in [2.45, 2.75) is 32.0 Å². The van der Waals surface area contributed by atoms with Crippen molar-refractivity contribution in [2.75, 3.05) is 26.7 Å². The Morgan fingerprint density at radius 1 is 1.59 bits per heavy atom. The van der Waals surface area contributed by atoms with E-state index in [1.165, 1.54) is 0 Å². The van der Waals surface area contributed by atoms with Gasteiger partial charge in [-0.1, -0.05) is 12.1 Å². The van der Waals surface area contributed by atoms with Crippen LogP contribution in [-0.2, 0) is 11.2 Å². The molecule has 17 heavy (non-hydrogen) atoms. The van der Waals surface area contributed by atoms with Crippen molar-refractivity contribution in [3.05, 3.63) is 11.7 Å². The third-order valence-electron chi connectivity index (χ3n) is 2.92. The zero-order valence-electron chi connectivity index (χ0n) is 10.3. The topological polar surface area (TPSA) is 71.6 Å². The molecule has 1 N–H and O–H groups in total. The summed E-state index contributed by atoms with van der Waals surface area (Å²) in [5.41, 5.74) is 0. The number of morpholine rings is 1. The summed E-state index contributed by atoms with van der Waals surface area (Å²) in [6, 6.07) is 0. The zero-order valence-corrected chi connectivity index (χ0v) is 10.3. The second-order valence-corrected chi connectivity index (χ2v) is 4.43. The fourth-order valence-corrected chi connectivity index (χ4v) is 1.76. The lowest BCUT2D eigenvalue weighted by atomic mass is 10.2. The second kappa shape index (κ2) is 5.57. The van der Waals surface area contributed by atoms with Gasteiger partial charge in [0.05, 0.1) is 19.1 Å². The third kappa shape index (κ3) is 3.24. The molecular formula is C11H19N3O3. The van der Waals surface area contributed by atoms with Crippen molar-refractivity contribution in [3.8, 4) is 0 Å². The molecule has 6 heteroatoms. The van der Waals surface area contributed by atoms with E-state index >= 15 is 0 Å². The van der Waals surface area contributed by atoms with Gasteiger partial charge in [-0.05, 0) is 13.5 Å². The van der Waals surface area contributed by atoms with Crippen molar-refractivity contribution >= 4 is 0 Å². The first-order chi connectivity index (χ1) is 8.19. The minimum absolute atomic E-state index is 0.120. The zero-order chi connectivity index (χ0) is 12.3. The van der Waals surface area contributed by atoms with Crippen LogP contribution < -0.4 is 0 Å². The number of likely N-dealkylation sites (N-methyl/N-ethyl adjacent to an activating group) is 1. The molecular weight excluding hydrogens is 222 g/mol. The van der Waals surface area contributed by atoms with E-state index < -0.39 is 6.10 Å². The fourth-order valence-electron chi connectivity index (χ4n) is 1.76. The summed E-state index contributed by atoms with van der Waals surface area (Å²) in [5.74, 6) is 1.06. The average Bonchev–Trinajstić information content (AvgIpc) is 2.77. The molecule has 1 fully saturated rings. The van der Waals surface area contributed by atoms with E-state index in [9.17, 15) is 5.11 Å². The van der Waals surface area contributed by atoms with Crippen LogP contribution in [0.25, 0.3) is 0 Å². The summed E-state index contributed by atoms with van der Waals surface area (Å²) >= 11 is 0. The van der Waals surface area contributed by atoms with Gasteiger partial charge in [-0.2, -0.15) is 4.98 Å². The number of hydrogen-bond donors (Lipinski definition) is 1. The molecule has 2 rings (SSSR count). The van der Waals surface area contributed by atoms with Gasteiger partial charge < -0.3 is 19.3 Å². The molecule has 0 saturated carbocycles. The van der Waals surface area contributed by atoms with Crippen LogP contribution in [0.1, 0.15) is 31.2 Å². The molecule has 96 valence electrons. The van der Waals surface area contributed by atoms with E-state index in [1.807, 2.05) is 14.0 Å². The van der Waals surface area contributed by atoms with Crippen LogP contribution >= 0.6 is 0 Å². The second-order valence-electron chi connectivity index (χ2n) is 4.43. The van der Waals surface area contributed by atoms with E-state index in [0.29, 0.717) is 31.2 Å². The summed E-state index contributed by atoms with van der Waals surface area (Å²) < 4.78 is 10.7. The van der Waals surface area contributed by atoms with Crippen molar-refractivity contribution in [3.63, 3.8) is 0 Å². The summed E-state index contributed by atoms with van der Waals surface area (Å²) in [4.78, 5) is 6.44. The average molecular weight is 241 g/mol. The van der Waals surface area contributed by atoms with Gasteiger partial charge in [0, 0.05) is 13.1 Å². The number of hydrogen-bond acceptors (Lipinski definition) is 6. The molecule has 0 aliphatic carbocycles. The highest BCUT2D eigenvalue weighted by atomic mass is 16.5. The van der Waals surface area contributed by atoms with E-state index in [0.717, 1.165) is 13.1 Å². The third-order valence-corrected chi connectivity index (χ3v) is 2.92. The first kappa shape index (κ1) is 12.5. The molecule has 2 atom stereocenters. The molecule has 6 nitrogen and oxygen atoms in total. The molecule has 1 aliphatic rings. The number of rotatable bonds is 4. The molecule has 0 aromatic carbocycles. The van der Waals surface area contributed by atoms with Gasteiger partial charge in [0.15, 0.2) is 0 Å². The number of aromatic nitrogens is 2. The van der Waals surface area contributed by atoms with Gasteiger partial charge in [0.1, 0.15) is 6.10 Å². The minimum Gasteiger partial charge on any atom is -0.393 e. The van der Waals surface area contributed by atoms with E-state index in [2.05, 4.69) is 15.0 Å². The lowest BCUT2D eigenvalue weighted by Gasteiger charge is -2.27. The standard InChI is InChI=1S/C11H19N3O3/c1-3-8(15)6-10-12-11(13-17-10)9-7-14(2)4-5-16-9/h8-9,15H,3-7H2,1-2H3. The Balaban J connectivity index is 1.97. The maximum Gasteiger partial charge on any atom is 0.229 e. The maximum absolute atomic E-state index is 9.51. The van der Waals surface area contributed by atoms with Crippen LogP contribution in [0.15, 0.2) is 4.52 Å². The van der Waals surface area contributed by atoms with Crippen LogP contribution in [-0.4, -0.2) is 53.0 Å². The highest BCUT2D eigenvalue weighted by Gasteiger charge is 2.24. The first-order valence-corrected chi connectivity index (χ1v) is 5.99. The normalized spacial score (nSPS) is 23.8. The van der Waals surface area contributed by atoms with Gasteiger partial charge in [0.2, 0.25) is 11.7 Å². The quantitative estimate of drug-likeness (QED) is 0.822. The molecule has 2 unspecified atom stereocenters. The molecule has 2 heterocycles. The predicted octanol–water partition coefficient (Wildman–Crippen LogP) is 0.386. The Bertz CT molecular complexity index is 355. The molecule has 0 radical (unpaired) electrons. The Morgan fingerprint density at radius 3 is 3.12 bits per heavy atom. The smallest absolute Gasteiger partial charge is 0.229 e. The number of ether oxygens (including phenoxy) is 1. The number of aliphatic hydroxyl groups is 1. The van der Waals surface area contributed by atoms with E-state index in [4.69, 9.17) is 9.26 Å². The van der Waals surface area contributed by atoms with Crippen LogP contribution in [0.3, 0.4) is 0 Å².